The van der Waals surface area contributed by atoms with E-state index in [0.717, 1.165) is 11.3 Å². The van der Waals surface area contributed by atoms with E-state index in [4.69, 9.17) is 25.8 Å². The second kappa shape index (κ2) is 8.67. The average molecular weight is 435 g/mol. The first kappa shape index (κ1) is 20.9. The van der Waals surface area contributed by atoms with Crippen LogP contribution in [0.4, 0.5) is 0 Å². The summed E-state index contributed by atoms with van der Waals surface area (Å²) in [6.07, 6.45) is 1.64. The third-order valence-electron chi connectivity index (χ3n) is 4.15. The fourth-order valence-corrected chi connectivity index (χ4v) is 4.07. The van der Waals surface area contributed by atoms with E-state index < -0.39 is 5.97 Å². The number of aromatic nitrogens is 2. The third-order valence-corrected chi connectivity index (χ3v) is 5.61. The Morgan fingerprint density at radius 3 is 2.48 bits per heavy atom. The molecule has 0 saturated heterocycles. The first-order valence-corrected chi connectivity index (χ1v) is 9.88. The van der Waals surface area contributed by atoms with Crippen molar-refractivity contribution in [3.63, 3.8) is 0 Å². The Balaban J connectivity index is 2.07. The summed E-state index contributed by atoms with van der Waals surface area (Å²) in [5, 5.41) is 0.581. The smallest absolute Gasteiger partial charge is 0.348 e. The number of esters is 1. The lowest BCUT2D eigenvalue weighted by molar-refractivity contribution is 0.0531. The second-order valence-electron chi connectivity index (χ2n) is 6.01. The number of hydrogen-bond donors (Lipinski definition) is 1. The van der Waals surface area contributed by atoms with Crippen molar-refractivity contribution in [1.29, 1.82) is 0 Å². The van der Waals surface area contributed by atoms with Gasteiger partial charge in [-0.3, -0.25) is 4.79 Å². The van der Waals surface area contributed by atoms with Crippen LogP contribution in [-0.2, 0) is 4.74 Å². The first-order chi connectivity index (χ1) is 13.9. The molecule has 0 spiro atoms. The number of hydrogen-bond acceptors (Lipinski definition) is 7. The van der Waals surface area contributed by atoms with Gasteiger partial charge in [0.15, 0.2) is 5.82 Å². The molecule has 0 radical (unpaired) electrons. The van der Waals surface area contributed by atoms with Crippen LogP contribution in [0.1, 0.15) is 33.5 Å². The summed E-state index contributed by atoms with van der Waals surface area (Å²) in [6, 6.07) is 5.29. The summed E-state index contributed by atoms with van der Waals surface area (Å²) in [4.78, 5) is 32.6. The zero-order valence-corrected chi connectivity index (χ0v) is 17.9. The summed E-state index contributed by atoms with van der Waals surface area (Å²) in [6.45, 7) is 3.67. The van der Waals surface area contributed by atoms with Gasteiger partial charge in [0.25, 0.3) is 5.56 Å². The molecule has 29 heavy (non-hydrogen) atoms. The van der Waals surface area contributed by atoms with Crippen LogP contribution in [0.25, 0.3) is 21.3 Å². The van der Waals surface area contributed by atoms with Crippen LogP contribution in [0, 0.1) is 6.92 Å². The predicted molar refractivity (Wildman–Crippen MR) is 114 cm³/mol. The molecular formula is C20H19ClN2O5S. The number of rotatable bonds is 6. The summed E-state index contributed by atoms with van der Waals surface area (Å²) in [5.74, 6) is 0.927. The molecule has 2 aromatic heterocycles. The van der Waals surface area contributed by atoms with Crippen molar-refractivity contribution >= 4 is 50.2 Å². The van der Waals surface area contributed by atoms with Crippen LogP contribution < -0.4 is 15.0 Å². The van der Waals surface area contributed by atoms with Crippen molar-refractivity contribution in [1.82, 2.24) is 9.97 Å². The highest BCUT2D eigenvalue weighted by Gasteiger charge is 2.20. The van der Waals surface area contributed by atoms with Crippen LogP contribution in [0.2, 0.25) is 0 Å². The molecular weight excluding hydrogens is 416 g/mol. The molecule has 0 amide bonds. The number of halogens is 1. The Morgan fingerprint density at radius 2 is 1.90 bits per heavy atom. The number of thiophene rings is 1. The minimum absolute atomic E-state index is 0.197. The predicted octanol–water partition coefficient (Wildman–Crippen LogP) is 4.22. The minimum atomic E-state index is -0.473. The number of aromatic amines is 1. The van der Waals surface area contributed by atoms with Gasteiger partial charge in [-0.15, -0.1) is 11.3 Å². The quantitative estimate of drug-likeness (QED) is 0.584. The summed E-state index contributed by atoms with van der Waals surface area (Å²) >= 11 is 7.53. The number of carbonyl (C=O) groups excluding carboxylic acids is 1. The van der Waals surface area contributed by atoms with Gasteiger partial charge in [-0.1, -0.05) is 11.6 Å². The molecule has 0 aliphatic carbocycles. The van der Waals surface area contributed by atoms with E-state index in [2.05, 4.69) is 9.97 Å². The number of nitrogens with zero attached hydrogens (tertiary/aromatic N) is 1. The van der Waals surface area contributed by atoms with Gasteiger partial charge in [-0.05, 0) is 43.2 Å². The fourth-order valence-electron chi connectivity index (χ4n) is 2.78. The third kappa shape index (κ3) is 4.28. The molecule has 0 bridgehead atoms. The zero-order valence-electron chi connectivity index (χ0n) is 16.3. The van der Waals surface area contributed by atoms with E-state index >= 15 is 0 Å². The normalized spacial score (nSPS) is 11.6. The molecule has 3 rings (SSSR count). The van der Waals surface area contributed by atoms with Gasteiger partial charge >= 0.3 is 5.97 Å². The lowest BCUT2D eigenvalue weighted by atomic mass is 10.2. The Kier molecular flexibility index (Phi) is 6.24. The maximum atomic E-state index is 12.6. The summed E-state index contributed by atoms with van der Waals surface area (Å²) in [5.41, 5.74) is 0.883. The van der Waals surface area contributed by atoms with Crippen LogP contribution >= 0.6 is 22.9 Å². The van der Waals surface area contributed by atoms with E-state index in [1.807, 2.05) is 0 Å². The molecule has 0 saturated carbocycles. The summed E-state index contributed by atoms with van der Waals surface area (Å²) < 4.78 is 15.6. The Labute approximate surface area is 175 Å². The van der Waals surface area contributed by atoms with Crippen LogP contribution in [0.3, 0.4) is 0 Å². The monoisotopic (exact) mass is 434 g/mol. The summed E-state index contributed by atoms with van der Waals surface area (Å²) in [7, 11) is 3.11. The Morgan fingerprint density at radius 1 is 1.24 bits per heavy atom. The maximum Gasteiger partial charge on any atom is 0.348 e. The van der Waals surface area contributed by atoms with Gasteiger partial charge in [-0.2, -0.15) is 0 Å². The van der Waals surface area contributed by atoms with Gasteiger partial charge in [0, 0.05) is 6.07 Å². The molecule has 2 heterocycles. The Bertz CT molecular complexity index is 1140. The van der Waals surface area contributed by atoms with Crippen molar-refractivity contribution in [3.8, 4) is 11.5 Å². The first-order valence-electron chi connectivity index (χ1n) is 8.69. The lowest BCUT2D eigenvalue weighted by Gasteiger charge is -2.06. The van der Waals surface area contributed by atoms with Crippen molar-refractivity contribution in [3.05, 3.63) is 50.4 Å². The average Bonchev–Trinajstić information content (AvgIpc) is 3.04. The fraction of sp³-hybridized carbons (Fsp3) is 0.250. The van der Waals surface area contributed by atoms with Crippen molar-refractivity contribution in [2.24, 2.45) is 0 Å². The molecule has 7 nitrogen and oxygen atoms in total. The van der Waals surface area contributed by atoms with Gasteiger partial charge in [0.2, 0.25) is 0 Å². The highest BCUT2D eigenvalue weighted by Crippen LogP contribution is 2.30. The number of ether oxygens (including phenoxy) is 3. The minimum Gasteiger partial charge on any atom is -0.497 e. The largest absolute Gasteiger partial charge is 0.497 e. The Hall–Kier alpha value is -2.84. The SMILES string of the molecule is CCOC(=O)c1sc2nc(/C(Cl)=C/c3cc(OC)cc(OC)c3)[nH]c(=O)c2c1C. The molecule has 3 aromatic rings. The van der Waals surface area contributed by atoms with E-state index in [1.54, 1.807) is 52.3 Å². The molecule has 0 fully saturated rings. The van der Waals surface area contributed by atoms with Gasteiger partial charge in [0.1, 0.15) is 21.2 Å². The molecule has 0 atom stereocenters. The van der Waals surface area contributed by atoms with Crippen LogP contribution in [-0.4, -0.2) is 36.8 Å². The van der Waals surface area contributed by atoms with Crippen molar-refractivity contribution in [2.45, 2.75) is 13.8 Å². The number of benzene rings is 1. The van der Waals surface area contributed by atoms with E-state index in [-0.39, 0.29) is 23.0 Å². The molecule has 0 aliphatic rings. The standard InChI is InChI=1S/C20H19ClN2O5S/c1-5-28-20(25)16-10(2)15-18(24)22-17(23-19(15)29-16)14(21)8-11-6-12(26-3)9-13(7-11)27-4/h6-9H,5H2,1-4H3,(H,22,23,24)/b14-8-. The van der Waals surface area contributed by atoms with Crippen LogP contribution in [0.15, 0.2) is 23.0 Å². The number of carbonyl (C=O) groups is 1. The highest BCUT2D eigenvalue weighted by molar-refractivity contribution is 7.20. The molecule has 1 N–H and O–H groups in total. The molecule has 0 aliphatic heterocycles. The van der Waals surface area contributed by atoms with Gasteiger partial charge in [0.05, 0.1) is 31.2 Å². The van der Waals surface area contributed by atoms with Gasteiger partial charge in [-0.25, -0.2) is 9.78 Å². The van der Waals surface area contributed by atoms with E-state index in [9.17, 15) is 9.59 Å². The maximum absolute atomic E-state index is 12.6. The molecule has 1 aromatic carbocycles. The second-order valence-corrected chi connectivity index (χ2v) is 7.42. The number of aryl methyl sites for hydroxylation is 1. The molecule has 152 valence electrons. The highest BCUT2D eigenvalue weighted by atomic mass is 35.5. The topological polar surface area (TPSA) is 90.5 Å². The zero-order chi connectivity index (χ0) is 21.1. The van der Waals surface area contributed by atoms with E-state index in [1.165, 1.54) is 0 Å². The van der Waals surface area contributed by atoms with Crippen molar-refractivity contribution < 1.29 is 19.0 Å². The van der Waals surface area contributed by atoms with Crippen LogP contribution in [0.5, 0.6) is 11.5 Å². The van der Waals surface area contributed by atoms with Crippen molar-refractivity contribution in [2.75, 3.05) is 20.8 Å². The van der Waals surface area contributed by atoms with E-state index in [0.29, 0.717) is 37.7 Å². The number of methoxy groups -OCH3 is 2. The number of nitrogens with one attached hydrogen (secondary N) is 1. The van der Waals surface area contributed by atoms with Gasteiger partial charge < -0.3 is 19.2 Å². The number of H-pyrrole nitrogens is 1. The molecule has 9 heteroatoms. The lowest BCUT2D eigenvalue weighted by Crippen LogP contribution is -2.11. The molecule has 0 unspecified atom stereocenters. The number of fused-ring (bicyclic) bond motifs is 1.